The number of benzene rings is 2. The van der Waals surface area contributed by atoms with Crippen LogP contribution >= 0.6 is 0 Å². The summed E-state index contributed by atoms with van der Waals surface area (Å²) in [6, 6.07) is 15.3. The van der Waals surface area contributed by atoms with Gasteiger partial charge >= 0.3 is 0 Å². The first-order valence-corrected chi connectivity index (χ1v) is 9.84. The van der Waals surface area contributed by atoms with Gasteiger partial charge in [-0.2, -0.15) is 0 Å². The molecule has 1 aromatic heterocycles. The molecule has 0 saturated heterocycles. The third kappa shape index (κ3) is 4.58. The maximum absolute atomic E-state index is 13.0. The molecule has 2 amide bonds. The number of rotatable bonds is 7. The van der Waals surface area contributed by atoms with Crippen molar-refractivity contribution in [1.82, 2.24) is 15.6 Å². The lowest BCUT2D eigenvalue weighted by atomic mass is 10.00. The van der Waals surface area contributed by atoms with Crippen LogP contribution in [-0.4, -0.2) is 40.6 Å². The van der Waals surface area contributed by atoms with E-state index in [-0.39, 0.29) is 23.1 Å². The van der Waals surface area contributed by atoms with Gasteiger partial charge in [0.1, 0.15) is 5.69 Å². The highest BCUT2D eigenvalue weighted by Crippen LogP contribution is 2.13. The Balaban J connectivity index is 1.92. The number of amides is 2. The number of aliphatic hydroxyl groups is 1. The highest BCUT2D eigenvalue weighted by Gasteiger charge is 2.29. The summed E-state index contributed by atoms with van der Waals surface area (Å²) in [5.74, 6) is -1.12. The van der Waals surface area contributed by atoms with Crippen LogP contribution in [0.25, 0.3) is 10.9 Å². The lowest BCUT2D eigenvalue weighted by Crippen LogP contribution is -2.52. The van der Waals surface area contributed by atoms with Gasteiger partial charge in [0.05, 0.1) is 6.04 Å². The van der Waals surface area contributed by atoms with Crippen molar-refractivity contribution in [2.75, 3.05) is 6.54 Å². The maximum Gasteiger partial charge on any atom is 0.268 e. The molecule has 0 aliphatic heterocycles. The summed E-state index contributed by atoms with van der Waals surface area (Å²) in [5, 5.41) is 16.4. The number of fused-ring (bicyclic) bond motifs is 1. The van der Waals surface area contributed by atoms with Crippen molar-refractivity contribution in [3.8, 4) is 0 Å². The quantitative estimate of drug-likeness (QED) is 0.477. The fourth-order valence-electron chi connectivity index (χ4n) is 3.37. The molecule has 156 valence electrons. The van der Waals surface area contributed by atoms with E-state index < -0.39 is 24.0 Å². The average molecular weight is 407 g/mol. The highest BCUT2D eigenvalue weighted by molar-refractivity contribution is 5.97. The Morgan fingerprint density at radius 1 is 1.07 bits per heavy atom. The lowest BCUT2D eigenvalue weighted by molar-refractivity contribution is -0.130. The van der Waals surface area contributed by atoms with Gasteiger partial charge in [-0.15, -0.1) is 0 Å². The van der Waals surface area contributed by atoms with E-state index in [4.69, 9.17) is 0 Å². The van der Waals surface area contributed by atoms with Crippen molar-refractivity contribution in [3.63, 3.8) is 0 Å². The minimum atomic E-state index is -1.44. The van der Waals surface area contributed by atoms with Gasteiger partial charge in [0.2, 0.25) is 0 Å². The van der Waals surface area contributed by atoms with E-state index in [2.05, 4.69) is 15.6 Å². The zero-order valence-electron chi connectivity index (χ0n) is 16.9. The van der Waals surface area contributed by atoms with Gasteiger partial charge in [0.25, 0.3) is 11.8 Å². The molecule has 7 heteroatoms. The Kier molecular flexibility index (Phi) is 6.64. The summed E-state index contributed by atoms with van der Waals surface area (Å²) in [7, 11) is 0. The Bertz CT molecular complexity index is 1110. The number of para-hydroxylation sites is 1. The second kappa shape index (κ2) is 9.37. The first kappa shape index (κ1) is 21.3. The standard InChI is InChI=1S/C23H25N3O4/c1-3-24-23(30)21(28)18(13-15-9-5-4-6-10-15)26-22(29)19-14(2)20(27)16-11-7-8-12-17(16)25-19/h4-12,18,21,28H,3,13H2,1-2H3,(H,24,30)(H,25,27)(H,26,29)/t18-,21+/m0/s1. The molecule has 2 aromatic carbocycles. The second-order valence-corrected chi connectivity index (χ2v) is 7.11. The Hall–Kier alpha value is -3.45. The topological polar surface area (TPSA) is 111 Å². The maximum atomic E-state index is 13.0. The zero-order chi connectivity index (χ0) is 21.7. The van der Waals surface area contributed by atoms with Gasteiger partial charge < -0.3 is 20.7 Å². The normalized spacial score (nSPS) is 12.9. The Labute approximate surface area is 174 Å². The molecule has 0 aliphatic carbocycles. The van der Waals surface area contributed by atoms with Crippen LogP contribution in [0.4, 0.5) is 0 Å². The second-order valence-electron chi connectivity index (χ2n) is 7.11. The number of aromatic nitrogens is 1. The predicted octanol–water partition coefficient (Wildman–Crippen LogP) is 1.67. The summed E-state index contributed by atoms with van der Waals surface area (Å²) in [5.41, 5.74) is 1.55. The molecule has 1 heterocycles. The van der Waals surface area contributed by atoms with Gasteiger partial charge in [-0.1, -0.05) is 42.5 Å². The molecule has 0 fully saturated rings. The van der Waals surface area contributed by atoms with Crippen LogP contribution in [0.5, 0.6) is 0 Å². The van der Waals surface area contributed by atoms with Gasteiger partial charge in [-0.05, 0) is 38.0 Å². The minimum absolute atomic E-state index is 0.111. The van der Waals surface area contributed by atoms with Crippen LogP contribution < -0.4 is 16.1 Å². The number of nitrogens with one attached hydrogen (secondary N) is 3. The number of carbonyl (C=O) groups is 2. The van der Waals surface area contributed by atoms with E-state index in [0.29, 0.717) is 17.4 Å². The summed E-state index contributed by atoms with van der Waals surface area (Å²) in [4.78, 5) is 40.9. The fourth-order valence-corrected chi connectivity index (χ4v) is 3.37. The minimum Gasteiger partial charge on any atom is -0.381 e. The Morgan fingerprint density at radius 3 is 2.43 bits per heavy atom. The smallest absolute Gasteiger partial charge is 0.268 e. The highest BCUT2D eigenvalue weighted by atomic mass is 16.3. The third-order valence-electron chi connectivity index (χ3n) is 4.99. The number of carbonyl (C=O) groups excluding carboxylic acids is 2. The van der Waals surface area contributed by atoms with E-state index in [9.17, 15) is 19.5 Å². The van der Waals surface area contributed by atoms with Gasteiger partial charge in [0, 0.05) is 23.0 Å². The van der Waals surface area contributed by atoms with Crippen LogP contribution in [-0.2, 0) is 11.2 Å². The van der Waals surface area contributed by atoms with Gasteiger partial charge in [-0.3, -0.25) is 14.4 Å². The number of likely N-dealkylation sites (N-methyl/N-ethyl adjacent to an activating group) is 1. The number of hydrogen-bond donors (Lipinski definition) is 4. The molecule has 0 bridgehead atoms. The van der Waals surface area contributed by atoms with E-state index in [1.165, 1.54) is 0 Å². The first-order chi connectivity index (χ1) is 14.4. The SMILES string of the molecule is CCNC(=O)[C@H](O)[C@H](Cc1ccccc1)NC(=O)c1[nH]c2ccccc2c(=O)c1C. The molecular formula is C23H25N3O4. The molecule has 0 aliphatic rings. The molecule has 0 spiro atoms. The van der Waals surface area contributed by atoms with Gasteiger partial charge in [0.15, 0.2) is 11.5 Å². The van der Waals surface area contributed by atoms with E-state index in [1.807, 2.05) is 30.3 Å². The summed E-state index contributed by atoms with van der Waals surface area (Å²) in [6.45, 7) is 3.68. The van der Waals surface area contributed by atoms with Crippen LogP contribution in [0.3, 0.4) is 0 Å². The van der Waals surface area contributed by atoms with Crippen LogP contribution in [0.1, 0.15) is 28.5 Å². The number of pyridine rings is 1. The summed E-state index contributed by atoms with van der Waals surface area (Å²) in [6.07, 6.45) is -1.19. The molecule has 30 heavy (non-hydrogen) atoms. The van der Waals surface area contributed by atoms with Crippen molar-refractivity contribution in [2.24, 2.45) is 0 Å². The fraction of sp³-hybridized carbons (Fsp3) is 0.261. The van der Waals surface area contributed by atoms with Crippen LogP contribution in [0.2, 0.25) is 0 Å². The Morgan fingerprint density at radius 2 is 1.73 bits per heavy atom. The average Bonchev–Trinajstić information content (AvgIpc) is 2.76. The zero-order valence-corrected chi connectivity index (χ0v) is 16.9. The molecular weight excluding hydrogens is 382 g/mol. The van der Waals surface area contributed by atoms with E-state index in [0.717, 1.165) is 5.56 Å². The van der Waals surface area contributed by atoms with Gasteiger partial charge in [-0.25, -0.2) is 0 Å². The number of aromatic amines is 1. The molecule has 3 rings (SSSR count). The molecule has 4 N–H and O–H groups in total. The van der Waals surface area contributed by atoms with E-state index >= 15 is 0 Å². The van der Waals surface area contributed by atoms with Crippen LogP contribution in [0.15, 0.2) is 59.4 Å². The first-order valence-electron chi connectivity index (χ1n) is 9.84. The molecule has 0 radical (unpaired) electrons. The van der Waals surface area contributed by atoms with Crippen molar-refractivity contribution in [2.45, 2.75) is 32.4 Å². The molecule has 7 nitrogen and oxygen atoms in total. The van der Waals surface area contributed by atoms with Crippen LogP contribution in [0, 0.1) is 6.92 Å². The van der Waals surface area contributed by atoms with Crippen molar-refractivity contribution < 1.29 is 14.7 Å². The molecule has 3 aromatic rings. The summed E-state index contributed by atoms with van der Waals surface area (Å²) < 4.78 is 0. The molecule has 2 atom stereocenters. The number of aliphatic hydroxyl groups excluding tert-OH is 1. The van der Waals surface area contributed by atoms with Crippen molar-refractivity contribution >= 4 is 22.7 Å². The molecule has 0 unspecified atom stereocenters. The number of H-pyrrole nitrogens is 1. The van der Waals surface area contributed by atoms with Crippen molar-refractivity contribution in [3.05, 3.63) is 81.6 Å². The predicted molar refractivity (Wildman–Crippen MR) is 115 cm³/mol. The monoisotopic (exact) mass is 407 g/mol. The van der Waals surface area contributed by atoms with Crippen molar-refractivity contribution in [1.29, 1.82) is 0 Å². The number of hydrogen-bond acceptors (Lipinski definition) is 4. The largest absolute Gasteiger partial charge is 0.381 e. The summed E-state index contributed by atoms with van der Waals surface area (Å²) >= 11 is 0. The molecule has 0 saturated carbocycles. The third-order valence-corrected chi connectivity index (χ3v) is 4.99. The lowest BCUT2D eigenvalue weighted by Gasteiger charge is -2.24. The van der Waals surface area contributed by atoms with E-state index in [1.54, 1.807) is 38.1 Å².